The summed E-state index contributed by atoms with van der Waals surface area (Å²) >= 11 is 0. The number of likely N-dealkylation sites (N-methyl/N-ethyl adjacent to an activating group) is 1. The van der Waals surface area contributed by atoms with Crippen molar-refractivity contribution in [2.45, 2.75) is 57.4 Å². The fraction of sp³-hybridized carbons (Fsp3) is 0.833. The van der Waals surface area contributed by atoms with Crippen molar-refractivity contribution in [3.05, 3.63) is 0 Å². The smallest absolute Gasteiger partial charge is 0.227 e. The molecule has 3 aliphatic rings. The molecule has 2 atom stereocenters. The highest BCUT2D eigenvalue weighted by Crippen LogP contribution is 2.27. The molecule has 3 aliphatic heterocycles. The maximum atomic E-state index is 12.6. The molecule has 0 aromatic rings. The average Bonchev–Trinajstić information content (AvgIpc) is 2.74. The predicted octanol–water partition coefficient (Wildman–Crippen LogP) is 1.25. The maximum Gasteiger partial charge on any atom is 0.227 e. The van der Waals surface area contributed by atoms with Crippen LogP contribution in [0, 0.1) is 5.92 Å². The number of fused-ring (bicyclic) bond motifs is 3. The van der Waals surface area contributed by atoms with Gasteiger partial charge in [0.15, 0.2) is 0 Å². The summed E-state index contributed by atoms with van der Waals surface area (Å²) in [5.74, 6) is 0.534. The van der Waals surface area contributed by atoms with Crippen LogP contribution in [-0.4, -0.2) is 71.7 Å². The first kappa shape index (κ1) is 17.2. The Labute approximate surface area is 144 Å². The highest BCUT2D eigenvalue weighted by molar-refractivity contribution is 5.82. The van der Waals surface area contributed by atoms with Gasteiger partial charge in [0, 0.05) is 52.1 Å². The fourth-order valence-corrected chi connectivity index (χ4v) is 4.24. The molecule has 0 aromatic carbocycles. The Kier molecular flexibility index (Phi) is 5.41. The van der Waals surface area contributed by atoms with Crippen LogP contribution in [0.25, 0.3) is 0 Å². The highest BCUT2D eigenvalue weighted by atomic mass is 16.2. The normalized spacial score (nSPS) is 28.1. The molecule has 3 heterocycles. The largest absolute Gasteiger partial charge is 0.343 e. The van der Waals surface area contributed by atoms with Gasteiger partial charge in [-0.05, 0) is 32.1 Å². The van der Waals surface area contributed by atoms with Gasteiger partial charge in [0.2, 0.25) is 17.7 Å². The molecule has 3 rings (SSSR count). The van der Waals surface area contributed by atoms with Gasteiger partial charge in [-0.1, -0.05) is 6.42 Å². The molecule has 0 aromatic heterocycles. The Hall–Kier alpha value is -1.59. The number of likely N-dealkylation sites (tertiary alicyclic amines) is 2. The molecule has 0 radical (unpaired) electrons. The SMILES string of the molecule is CN1C(=O)[C@@H]2CCC[C@H]1CN(C(=O)CCCN1CCCCC1=O)C2. The van der Waals surface area contributed by atoms with Crippen molar-refractivity contribution in [1.82, 2.24) is 14.7 Å². The molecule has 2 bridgehead atoms. The molecular weight excluding hydrogens is 306 g/mol. The van der Waals surface area contributed by atoms with E-state index in [2.05, 4.69) is 0 Å². The van der Waals surface area contributed by atoms with Gasteiger partial charge in [-0.3, -0.25) is 14.4 Å². The molecule has 6 nitrogen and oxygen atoms in total. The van der Waals surface area contributed by atoms with Crippen molar-refractivity contribution < 1.29 is 14.4 Å². The van der Waals surface area contributed by atoms with Crippen molar-refractivity contribution in [2.75, 3.05) is 33.2 Å². The van der Waals surface area contributed by atoms with Crippen LogP contribution in [0.1, 0.15) is 51.4 Å². The lowest BCUT2D eigenvalue weighted by Gasteiger charge is -2.30. The van der Waals surface area contributed by atoms with Gasteiger partial charge in [0.1, 0.15) is 0 Å². The van der Waals surface area contributed by atoms with E-state index < -0.39 is 0 Å². The van der Waals surface area contributed by atoms with Gasteiger partial charge < -0.3 is 14.7 Å². The zero-order chi connectivity index (χ0) is 17.1. The Morgan fingerprint density at radius 3 is 2.75 bits per heavy atom. The zero-order valence-electron chi connectivity index (χ0n) is 14.7. The third-order valence-corrected chi connectivity index (χ3v) is 5.80. The highest BCUT2D eigenvalue weighted by Gasteiger charge is 2.37. The zero-order valence-corrected chi connectivity index (χ0v) is 14.7. The van der Waals surface area contributed by atoms with Gasteiger partial charge in [0.05, 0.1) is 5.92 Å². The summed E-state index contributed by atoms with van der Waals surface area (Å²) in [7, 11) is 1.88. The summed E-state index contributed by atoms with van der Waals surface area (Å²) in [5, 5.41) is 0. The quantitative estimate of drug-likeness (QED) is 0.777. The standard InChI is InChI=1S/C18H29N3O3/c1-19-15-7-4-6-14(18(19)24)12-21(13-15)17(23)9-5-11-20-10-3-2-8-16(20)22/h14-15H,2-13H2,1H3/t14-,15+/m1/s1. The monoisotopic (exact) mass is 335 g/mol. The van der Waals surface area contributed by atoms with Crippen molar-refractivity contribution in [3.8, 4) is 0 Å². The molecular formula is C18H29N3O3. The third-order valence-electron chi connectivity index (χ3n) is 5.80. The maximum absolute atomic E-state index is 12.6. The molecule has 6 heteroatoms. The number of nitrogens with zero attached hydrogens (tertiary/aromatic N) is 3. The van der Waals surface area contributed by atoms with Crippen molar-refractivity contribution >= 4 is 17.7 Å². The number of hydrogen-bond donors (Lipinski definition) is 0. The average molecular weight is 335 g/mol. The van der Waals surface area contributed by atoms with Crippen LogP contribution >= 0.6 is 0 Å². The lowest BCUT2D eigenvalue weighted by Crippen LogP contribution is -2.42. The minimum atomic E-state index is -0.0323. The third kappa shape index (κ3) is 3.73. The van der Waals surface area contributed by atoms with Gasteiger partial charge >= 0.3 is 0 Å². The molecule has 134 valence electrons. The van der Waals surface area contributed by atoms with Crippen LogP contribution in [0.3, 0.4) is 0 Å². The summed E-state index contributed by atoms with van der Waals surface area (Å²) in [6.45, 7) is 2.76. The number of hydrogen-bond acceptors (Lipinski definition) is 3. The lowest BCUT2D eigenvalue weighted by atomic mass is 9.99. The first-order valence-corrected chi connectivity index (χ1v) is 9.38. The molecule has 0 unspecified atom stereocenters. The first-order valence-electron chi connectivity index (χ1n) is 9.38. The molecule has 0 saturated carbocycles. The van der Waals surface area contributed by atoms with E-state index in [-0.39, 0.29) is 29.7 Å². The molecule has 0 aliphatic carbocycles. The summed E-state index contributed by atoms with van der Waals surface area (Å²) in [4.78, 5) is 42.5. The molecule has 3 saturated heterocycles. The summed E-state index contributed by atoms with van der Waals surface area (Å²) in [6, 6.07) is 0.164. The van der Waals surface area contributed by atoms with E-state index in [1.165, 1.54) is 0 Å². The Morgan fingerprint density at radius 1 is 1.12 bits per heavy atom. The Balaban J connectivity index is 1.51. The number of rotatable bonds is 4. The summed E-state index contributed by atoms with van der Waals surface area (Å²) in [6.07, 6.45) is 6.87. The van der Waals surface area contributed by atoms with E-state index in [9.17, 15) is 14.4 Å². The van der Waals surface area contributed by atoms with Gasteiger partial charge in [0.25, 0.3) is 0 Å². The molecule has 24 heavy (non-hydrogen) atoms. The van der Waals surface area contributed by atoms with Crippen LogP contribution < -0.4 is 0 Å². The van der Waals surface area contributed by atoms with Crippen LogP contribution in [0.5, 0.6) is 0 Å². The number of carbonyl (C=O) groups is 3. The van der Waals surface area contributed by atoms with Crippen LogP contribution in [0.15, 0.2) is 0 Å². The Morgan fingerprint density at radius 2 is 1.96 bits per heavy atom. The fourth-order valence-electron chi connectivity index (χ4n) is 4.24. The number of carbonyl (C=O) groups excluding carboxylic acids is 3. The van der Waals surface area contributed by atoms with E-state index in [4.69, 9.17) is 0 Å². The number of piperidine rings is 1. The second-order valence-electron chi connectivity index (χ2n) is 7.47. The molecule has 3 amide bonds. The second-order valence-corrected chi connectivity index (χ2v) is 7.47. The van der Waals surface area contributed by atoms with Crippen molar-refractivity contribution in [2.24, 2.45) is 5.92 Å². The predicted molar refractivity (Wildman–Crippen MR) is 90.1 cm³/mol. The van der Waals surface area contributed by atoms with Crippen LogP contribution in [-0.2, 0) is 14.4 Å². The minimum absolute atomic E-state index is 0.0323. The topological polar surface area (TPSA) is 60.9 Å². The number of amides is 3. The van der Waals surface area contributed by atoms with Gasteiger partial charge in [-0.2, -0.15) is 0 Å². The summed E-state index contributed by atoms with van der Waals surface area (Å²) < 4.78 is 0. The van der Waals surface area contributed by atoms with E-state index >= 15 is 0 Å². The van der Waals surface area contributed by atoms with Gasteiger partial charge in [-0.15, -0.1) is 0 Å². The van der Waals surface area contributed by atoms with Crippen LogP contribution in [0.2, 0.25) is 0 Å². The van der Waals surface area contributed by atoms with E-state index in [0.29, 0.717) is 32.5 Å². The van der Waals surface area contributed by atoms with E-state index in [1.807, 2.05) is 21.7 Å². The van der Waals surface area contributed by atoms with Crippen molar-refractivity contribution in [3.63, 3.8) is 0 Å². The molecule has 0 spiro atoms. The first-order chi connectivity index (χ1) is 11.6. The molecule has 3 fully saturated rings. The van der Waals surface area contributed by atoms with E-state index in [1.54, 1.807) is 0 Å². The second kappa shape index (κ2) is 7.53. The van der Waals surface area contributed by atoms with Crippen molar-refractivity contribution in [1.29, 1.82) is 0 Å². The van der Waals surface area contributed by atoms with Crippen LogP contribution in [0.4, 0.5) is 0 Å². The molecule has 0 N–H and O–H groups in total. The van der Waals surface area contributed by atoms with E-state index in [0.717, 1.165) is 45.1 Å². The lowest BCUT2D eigenvalue weighted by molar-refractivity contribution is -0.136. The van der Waals surface area contributed by atoms with Gasteiger partial charge in [-0.25, -0.2) is 0 Å². The Bertz CT molecular complexity index is 508. The summed E-state index contributed by atoms with van der Waals surface area (Å²) in [5.41, 5.74) is 0. The minimum Gasteiger partial charge on any atom is -0.343 e.